The molecule has 6 nitrogen and oxygen atoms in total. The van der Waals surface area contributed by atoms with Crippen LogP contribution in [0.3, 0.4) is 0 Å². The molecular formula is C14H25N5O. The van der Waals surface area contributed by atoms with Crippen molar-refractivity contribution < 1.29 is 5.11 Å². The molecule has 1 aromatic heterocycles. The van der Waals surface area contributed by atoms with E-state index in [1.54, 1.807) is 0 Å². The summed E-state index contributed by atoms with van der Waals surface area (Å²) in [7, 11) is 0. The number of pyridine rings is 1. The quantitative estimate of drug-likeness (QED) is 0.530. The van der Waals surface area contributed by atoms with Gasteiger partial charge in [0.2, 0.25) is 0 Å². The van der Waals surface area contributed by atoms with Crippen LogP contribution in [-0.4, -0.2) is 58.2 Å². The van der Waals surface area contributed by atoms with Crippen molar-refractivity contribution in [3.63, 3.8) is 0 Å². The van der Waals surface area contributed by atoms with E-state index in [4.69, 9.17) is 5.84 Å². The standard InChI is InChI=1S/C14H25N5O/c1-14(2,20)11-19-7-5-18(6-8-19)10-12-3-4-13(17-15)16-9-12/h3-4,9,20H,5-8,10-11,15H2,1-2H3,(H,16,17). The van der Waals surface area contributed by atoms with E-state index in [2.05, 4.69) is 20.2 Å². The predicted octanol–water partition coefficient (Wildman–Crippen LogP) is 0.256. The van der Waals surface area contributed by atoms with Gasteiger partial charge >= 0.3 is 0 Å². The molecule has 0 bridgehead atoms. The fourth-order valence-corrected chi connectivity index (χ4v) is 2.51. The van der Waals surface area contributed by atoms with Crippen molar-refractivity contribution in [1.29, 1.82) is 0 Å². The molecule has 0 aromatic carbocycles. The van der Waals surface area contributed by atoms with E-state index >= 15 is 0 Å². The van der Waals surface area contributed by atoms with E-state index < -0.39 is 5.60 Å². The molecule has 0 atom stereocenters. The summed E-state index contributed by atoms with van der Waals surface area (Å²) in [5, 5.41) is 9.84. The molecule has 6 heteroatoms. The van der Waals surface area contributed by atoms with Crippen LogP contribution in [0.25, 0.3) is 0 Å². The van der Waals surface area contributed by atoms with Gasteiger partial charge in [0.05, 0.1) is 5.60 Å². The second-order valence-electron chi connectivity index (χ2n) is 6.06. The number of β-amino-alcohol motifs (C(OH)–C–C–N with tert-alkyl or cyclic N) is 1. The molecule has 1 aliphatic heterocycles. The minimum atomic E-state index is -0.614. The smallest absolute Gasteiger partial charge is 0.139 e. The van der Waals surface area contributed by atoms with E-state index in [0.29, 0.717) is 5.82 Å². The average Bonchev–Trinajstić information content (AvgIpc) is 2.40. The second kappa shape index (κ2) is 6.49. The van der Waals surface area contributed by atoms with E-state index in [0.717, 1.165) is 39.3 Å². The number of anilines is 1. The van der Waals surface area contributed by atoms with Crippen molar-refractivity contribution in [2.45, 2.75) is 26.0 Å². The molecule has 0 aliphatic carbocycles. The first-order valence-corrected chi connectivity index (χ1v) is 7.05. The van der Waals surface area contributed by atoms with Gasteiger partial charge in [-0.1, -0.05) is 6.07 Å². The van der Waals surface area contributed by atoms with Crippen LogP contribution in [-0.2, 0) is 6.54 Å². The van der Waals surface area contributed by atoms with Gasteiger partial charge in [-0.25, -0.2) is 10.8 Å². The Morgan fingerprint density at radius 1 is 1.25 bits per heavy atom. The molecule has 1 aromatic rings. The maximum Gasteiger partial charge on any atom is 0.139 e. The first kappa shape index (κ1) is 15.2. The SMILES string of the molecule is CC(C)(O)CN1CCN(Cc2ccc(NN)nc2)CC1. The molecule has 1 fully saturated rings. The number of aromatic nitrogens is 1. The van der Waals surface area contributed by atoms with Gasteiger partial charge in [0.25, 0.3) is 0 Å². The largest absolute Gasteiger partial charge is 0.389 e. The van der Waals surface area contributed by atoms with Crippen molar-refractivity contribution in [3.8, 4) is 0 Å². The van der Waals surface area contributed by atoms with E-state index in [-0.39, 0.29) is 0 Å². The fraction of sp³-hybridized carbons (Fsp3) is 0.643. The number of nitrogens with one attached hydrogen (secondary N) is 1. The van der Waals surface area contributed by atoms with Gasteiger partial charge < -0.3 is 10.5 Å². The van der Waals surface area contributed by atoms with Gasteiger partial charge in [0, 0.05) is 45.5 Å². The van der Waals surface area contributed by atoms with Crippen LogP contribution >= 0.6 is 0 Å². The number of rotatable bonds is 5. The summed E-state index contributed by atoms with van der Waals surface area (Å²) >= 11 is 0. The third-order valence-electron chi connectivity index (χ3n) is 3.45. The zero-order valence-electron chi connectivity index (χ0n) is 12.3. The minimum absolute atomic E-state index is 0.614. The number of hydrazine groups is 1. The second-order valence-corrected chi connectivity index (χ2v) is 6.06. The van der Waals surface area contributed by atoms with Gasteiger partial charge in [0.15, 0.2) is 0 Å². The van der Waals surface area contributed by atoms with Gasteiger partial charge in [0.1, 0.15) is 5.82 Å². The average molecular weight is 279 g/mol. The van der Waals surface area contributed by atoms with Gasteiger partial charge in [-0.05, 0) is 25.5 Å². The minimum Gasteiger partial charge on any atom is -0.389 e. The molecule has 0 saturated carbocycles. The van der Waals surface area contributed by atoms with Crippen LogP contribution < -0.4 is 11.3 Å². The highest BCUT2D eigenvalue weighted by Gasteiger charge is 2.22. The highest BCUT2D eigenvalue weighted by molar-refractivity contribution is 5.33. The predicted molar refractivity (Wildman–Crippen MR) is 80.1 cm³/mol. The topological polar surface area (TPSA) is 77.7 Å². The first-order valence-electron chi connectivity index (χ1n) is 7.05. The van der Waals surface area contributed by atoms with Crippen molar-refractivity contribution >= 4 is 5.82 Å². The van der Waals surface area contributed by atoms with Crippen LogP contribution in [0.15, 0.2) is 18.3 Å². The molecular weight excluding hydrogens is 254 g/mol. The third kappa shape index (κ3) is 4.72. The molecule has 4 N–H and O–H groups in total. The molecule has 112 valence electrons. The Labute approximate surface area is 120 Å². The number of nitrogens with two attached hydrogens (primary N) is 1. The zero-order valence-corrected chi connectivity index (χ0v) is 12.3. The molecule has 1 saturated heterocycles. The summed E-state index contributed by atoms with van der Waals surface area (Å²) in [5.74, 6) is 5.98. The molecule has 1 aliphatic rings. The van der Waals surface area contributed by atoms with E-state index in [1.807, 2.05) is 32.2 Å². The third-order valence-corrected chi connectivity index (χ3v) is 3.45. The number of hydrogen-bond acceptors (Lipinski definition) is 6. The summed E-state index contributed by atoms with van der Waals surface area (Å²) in [6.45, 7) is 9.41. The van der Waals surface area contributed by atoms with Gasteiger partial charge in [-0.3, -0.25) is 9.80 Å². The summed E-state index contributed by atoms with van der Waals surface area (Å²) in [6, 6.07) is 3.94. The normalized spacial score (nSPS) is 18.2. The molecule has 2 heterocycles. The summed E-state index contributed by atoms with van der Waals surface area (Å²) in [5.41, 5.74) is 3.11. The number of nitrogen functional groups attached to an aromatic ring is 1. The van der Waals surface area contributed by atoms with Crippen LogP contribution in [0.1, 0.15) is 19.4 Å². The summed E-state index contributed by atoms with van der Waals surface area (Å²) in [4.78, 5) is 8.95. The van der Waals surface area contributed by atoms with E-state index in [9.17, 15) is 5.11 Å². The fourth-order valence-electron chi connectivity index (χ4n) is 2.51. The monoisotopic (exact) mass is 279 g/mol. The number of hydrogen-bond donors (Lipinski definition) is 3. The van der Waals surface area contributed by atoms with Crippen LogP contribution in [0.4, 0.5) is 5.82 Å². The lowest BCUT2D eigenvalue weighted by atomic mass is 10.1. The maximum atomic E-state index is 9.84. The number of aliphatic hydroxyl groups is 1. The summed E-state index contributed by atoms with van der Waals surface area (Å²) in [6.07, 6.45) is 1.86. The Hall–Kier alpha value is -1.21. The summed E-state index contributed by atoms with van der Waals surface area (Å²) < 4.78 is 0. The Kier molecular flexibility index (Phi) is 4.93. The molecule has 0 radical (unpaired) electrons. The van der Waals surface area contributed by atoms with Crippen molar-refractivity contribution in [2.24, 2.45) is 5.84 Å². The van der Waals surface area contributed by atoms with Crippen LogP contribution in [0, 0.1) is 0 Å². The Morgan fingerprint density at radius 3 is 2.40 bits per heavy atom. The van der Waals surface area contributed by atoms with Crippen molar-refractivity contribution in [3.05, 3.63) is 23.9 Å². The van der Waals surface area contributed by atoms with E-state index in [1.165, 1.54) is 5.56 Å². The first-order chi connectivity index (χ1) is 9.46. The Balaban J connectivity index is 1.79. The number of nitrogens with zero attached hydrogens (tertiary/aromatic N) is 3. The lowest BCUT2D eigenvalue weighted by Gasteiger charge is -2.37. The van der Waals surface area contributed by atoms with Gasteiger partial charge in [-0.2, -0.15) is 0 Å². The molecule has 20 heavy (non-hydrogen) atoms. The van der Waals surface area contributed by atoms with Crippen molar-refractivity contribution in [2.75, 3.05) is 38.1 Å². The lowest BCUT2D eigenvalue weighted by Crippen LogP contribution is -2.50. The highest BCUT2D eigenvalue weighted by Crippen LogP contribution is 2.12. The molecule has 2 rings (SSSR count). The van der Waals surface area contributed by atoms with Gasteiger partial charge in [-0.15, -0.1) is 0 Å². The Bertz CT molecular complexity index is 407. The number of piperazine rings is 1. The lowest BCUT2D eigenvalue weighted by molar-refractivity contribution is 0.0166. The highest BCUT2D eigenvalue weighted by atomic mass is 16.3. The molecule has 0 amide bonds. The van der Waals surface area contributed by atoms with Crippen molar-refractivity contribution in [1.82, 2.24) is 14.8 Å². The molecule has 0 spiro atoms. The van der Waals surface area contributed by atoms with Crippen LogP contribution in [0.5, 0.6) is 0 Å². The zero-order chi connectivity index (χ0) is 14.6. The maximum absolute atomic E-state index is 9.84. The molecule has 0 unspecified atom stereocenters. The Morgan fingerprint density at radius 2 is 1.90 bits per heavy atom. The van der Waals surface area contributed by atoms with Crippen LogP contribution in [0.2, 0.25) is 0 Å².